The molecule has 2 rings (SSSR count). The van der Waals surface area contributed by atoms with Crippen molar-refractivity contribution in [2.24, 2.45) is 0 Å². The first-order valence-electron chi connectivity index (χ1n) is 6.83. The lowest BCUT2D eigenvalue weighted by Gasteiger charge is -2.29. The van der Waals surface area contributed by atoms with Crippen LogP contribution in [0.5, 0.6) is 0 Å². The molecule has 1 aliphatic heterocycles. The van der Waals surface area contributed by atoms with E-state index in [0.29, 0.717) is 0 Å². The lowest BCUT2D eigenvalue weighted by Crippen LogP contribution is -2.46. The van der Waals surface area contributed by atoms with E-state index in [-0.39, 0.29) is 18.5 Å². The Morgan fingerprint density at radius 3 is 2.85 bits per heavy atom. The second-order valence-electron chi connectivity index (χ2n) is 5.14. The zero-order chi connectivity index (χ0) is 14.5. The van der Waals surface area contributed by atoms with E-state index in [9.17, 15) is 4.79 Å². The fourth-order valence-corrected chi connectivity index (χ4v) is 2.57. The van der Waals surface area contributed by atoms with E-state index in [1.807, 2.05) is 20.0 Å². The fourth-order valence-electron chi connectivity index (χ4n) is 2.26. The van der Waals surface area contributed by atoms with Crippen molar-refractivity contribution in [3.8, 4) is 0 Å². The second kappa shape index (κ2) is 7.19. The van der Waals surface area contributed by atoms with Gasteiger partial charge in [-0.3, -0.25) is 14.4 Å². The molecule has 0 spiro atoms. The molecule has 0 bridgehead atoms. The van der Waals surface area contributed by atoms with Gasteiger partial charge in [0.2, 0.25) is 5.91 Å². The van der Waals surface area contributed by atoms with Crippen LogP contribution in [0.4, 0.5) is 0 Å². The van der Waals surface area contributed by atoms with Gasteiger partial charge in [-0.25, -0.2) is 0 Å². The van der Waals surface area contributed by atoms with Gasteiger partial charge in [-0.15, -0.1) is 0 Å². The molecule has 1 saturated heterocycles. The lowest BCUT2D eigenvalue weighted by molar-refractivity contribution is -0.122. The van der Waals surface area contributed by atoms with E-state index in [1.165, 1.54) is 0 Å². The molecule has 112 valence electrons. The van der Waals surface area contributed by atoms with Crippen LogP contribution in [0.15, 0.2) is 10.7 Å². The molecular formula is C13H21BrN4O2. The van der Waals surface area contributed by atoms with Crippen molar-refractivity contribution in [3.05, 3.63) is 16.4 Å². The summed E-state index contributed by atoms with van der Waals surface area (Å²) in [6.45, 7) is 8.47. The average molecular weight is 345 g/mol. The predicted molar refractivity (Wildman–Crippen MR) is 79.5 cm³/mol. The van der Waals surface area contributed by atoms with E-state index >= 15 is 0 Å². The molecule has 0 unspecified atom stereocenters. The molecule has 0 radical (unpaired) electrons. The smallest absolute Gasteiger partial charge is 0.241 e. The summed E-state index contributed by atoms with van der Waals surface area (Å²) >= 11 is 3.39. The second-order valence-corrected chi connectivity index (χ2v) is 6.00. The minimum absolute atomic E-state index is 0.0132. The summed E-state index contributed by atoms with van der Waals surface area (Å²) in [5.74, 6) is -0.0132. The van der Waals surface area contributed by atoms with E-state index in [1.54, 1.807) is 4.68 Å². The van der Waals surface area contributed by atoms with Crippen LogP contribution in [0.3, 0.4) is 0 Å². The number of halogens is 1. The van der Waals surface area contributed by atoms with Gasteiger partial charge in [0.05, 0.1) is 23.4 Å². The van der Waals surface area contributed by atoms with Crippen molar-refractivity contribution in [1.29, 1.82) is 0 Å². The number of aryl methyl sites for hydroxylation is 1. The van der Waals surface area contributed by atoms with E-state index in [0.717, 1.165) is 43.0 Å². The molecule has 1 aliphatic rings. The van der Waals surface area contributed by atoms with E-state index in [4.69, 9.17) is 4.74 Å². The van der Waals surface area contributed by atoms with Crippen LogP contribution in [-0.4, -0.2) is 59.5 Å². The normalized spacial score (nSPS) is 17.9. The minimum Gasteiger partial charge on any atom is -0.379 e. The number of ether oxygens (including phenoxy) is 1. The Hall–Kier alpha value is -0.920. The summed E-state index contributed by atoms with van der Waals surface area (Å²) in [6.07, 6.45) is 1.82. The Morgan fingerprint density at radius 1 is 1.55 bits per heavy atom. The quantitative estimate of drug-likeness (QED) is 0.857. The number of rotatable bonds is 5. The highest BCUT2D eigenvalue weighted by Crippen LogP contribution is 2.12. The van der Waals surface area contributed by atoms with E-state index in [2.05, 4.69) is 31.2 Å². The molecule has 1 aromatic heterocycles. The first kappa shape index (κ1) is 15.5. The molecule has 1 amide bonds. The monoisotopic (exact) mass is 344 g/mol. The Kier molecular flexibility index (Phi) is 5.56. The Balaban J connectivity index is 1.75. The van der Waals surface area contributed by atoms with Crippen molar-refractivity contribution in [2.75, 3.05) is 32.8 Å². The molecule has 1 N–H and O–H groups in total. The maximum Gasteiger partial charge on any atom is 0.241 e. The summed E-state index contributed by atoms with van der Waals surface area (Å²) in [4.78, 5) is 14.3. The maximum absolute atomic E-state index is 12.0. The number of morpholine rings is 1. The molecule has 0 aromatic carbocycles. The lowest BCUT2D eigenvalue weighted by atomic mass is 10.3. The molecular weight excluding hydrogens is 324 g/mol. The van der Waals surface area contributed by atoms with Gasteiger partial charge in [-0.2, -0.15) is 5.10 Å². The summed E-state index contributed by atoms with van der Waals surface area (Å²) in [7, 11) is 0. The number of hydrogen-bond acceptors (Lipinski definition) is 4. The van der Waals surface area contributed by atoms with Crippen LogP contribution < -0.4 is 5.32 Å². The van der Waals surface area contributed by atoms with Gasteiger partial charge in [0, 0.05) is 31.9 Å². The third-order valence-electron chi connectivity index (χ3n) is 3.24. The highest BCUT2D eigenvalue weighted by Gasteiger charge is 2.15. The van der Waals surface area contributed by atoms with Crippen molar-refractivity contribution < 1.29 is 9.53 Å². The summed E-state index contributed by atoms with van der Waals surface area (Å²) in [5.41, 5.74) is 0.888. The topological polar surface area (TPSA) is 59.4 Å². The van der Waals surface area contributed by atoms with Gasteiger partial charge in [-0.05, 0) is 29.8 Å². The standard InChI is InChI=1S/C13H21BrN4O2/c1-10(7-17-3-5-20-6-4-17)15-13(19)9-18-8-12(14)11(2)16-18/h8,10H,3-7,9H2,1-2H3,(H,15,19)/t10-/m1/s1. The zero-order valence-electron chi connectivity index (χ0n) is 11.9. The van der Waals surface area contributed by atoms with Crippen LogP contribution in [-0.2, 0) is 16.1 Å². The highest BCUT2D eigenvalue weighted by molar-refractivity contribution is 9.10. The average Bonchev–Trinajstić information content (AvgIpc) is 2.68. The van der Waals surface area contributed by atoms with Gasteiger partial charge >= 0.3 is 0 Å². The first-order chi connectivity index (χ1) is 9.54. The molecule has 0 saturated carbocycles. The summed E-state index contributed by atoms with van der Waals surface area (Å²) in [5, 5.41) is 7.26. The van der Waals surface area contributed by atoms with Gasteiger partial charge in [-0.1, -0.05) is 0 Å². The third-order valence-corrected chi connectivity index (χ3v) is 4.01. The molecule has 6 nitrogen and oxygen atoms in total. The number of carbonyl (C=O) groups is 1. The first-order valence-corrected chi connectivity index (χ1v) is 7.63. The van der Waals surface area contributed by atoms with Crippen molar-refractivity contribution >= 4 is 21.8 Å². The van der Waals surface area contributed by atoms with Crippen LogP contribution in [0.2, 0.25) is 0 Å². The molecule has 7 heteroatoms. The van der Waals surface area contributed by atoms with Crippen LogP contribution in [0.25, 0.3) is 0 Å². The summed E-state index contributed by atoms with van der Waals surface area (Å²) in [6, 6.07) is 0.126. The predicted octanol–water partition coefficient (Wildman–Crippen LogP) is 0.791. The largest absolute Gasteiger partial charge is 0.379 e. The van der Waals surface area contributed by atoms with Crippen molar-refractivity contribution in [2.45, 2.75) is 26.4 Å². The Bertz CT molecular complexity index is 438. The number of hydrogen-bond donors (Lipinski definition) is 1. The highest BCUT2D eigenvalue weighted by atomic mass is 79.9. The SMILES string of the molecule is Cc1nn(CC(=O)N[C@H](C)CN2CCOCC2)cc1Br. The van der Waals surface area contributed by atoms with Crippen LogP contribution >= 0.6 is 15.9 Å². The number of nitrogens with zero attached hydrogens (tertiary/aromatic N) is 3. The number of aromatic nitrogens is 2. The van der Waals surface area contributed by atoms with Crippen molar-refractivity contribution in [3.63, 3.8) is 0 Å². The molecule has 1 atom stereocenters. The van der Waals surface area contributed by atoms with Crippen LogP contribution in [0.1, 0.15) is 12.6 Å². The number of nitrogens with one attached hydrogen (secondary N) is 1. The summed E-state index contributed by atoms with van der Waals surface area (Å²) < 4.78 is 7.88. The molecule has 1 aromatic rings. The molecule has 2 heterocycles. The number of amides is 1. The third kappa shape index (κ3) is 4.57. The maximum atomic E-state index is 12.0. The number of carbonyl (C=O) groups excluding carboxylic acids is 1. The Morgan fingerprint density at radius 2 is 2.25 bits per heavy atom. The zero-order valence-corrected chi connectivity index (χ0v) is 13.5. The molecule has 20 heavy (non-hydrogen) atoms. The van der Waals surface area contributed by atoms with Crippen molar-refractivity contribution in [1.82, 2.24) is 20.0 Å². The Labute approximate surface area is 127 Å². The molecule has 0 aliphatic carbocycles. The van der Waals surface area contributed by atoms with Gasteiger partial charge in [0.25, 0.3) is 0 Å². The molecule has 1 fully saturated rings. The van der Waals surface area contributed by atoms with Gasteiger partial charge in [0.15, 0.2) is 0 Å². The van der Waals surface area contributed by atoms with Crippen LogP contribution in [0, 0.1) is 6.92 Å². The van der Waals surface area contributed by atoms with Gasteiger partial charge < -0.3 is 10.1 Å². The fraction of sp³-hybridized carbons (Fsp3) is 0.692. The van der Waals surface area contributed by atoms with Gasteiger partial charge in [0.1, 0.15) is 6.54 Å². The van der Waals surface area contributed by atoms with E-state index < -0.39 is 0 Å². The minimum atomic E-state index is -0.0132.